The van der Waals surface area contributed by atoms with Crippen LogP contribution >= 0.6 is 0 Å². The van der Waals surface area contributed by atoms with Crippen LogP contribution in [0.3, 0.4) is 0 Å². The van der Waals surface area contributed by atoms with E-state index in [4.69, 9.17) is 18.9 Å². The Morgan fingerprint density at radius 3 is 2.17 bits per heavy atom. The number of aliphatic hydroxyl groups excluding tert-OH is 1. The molecule has 1 saturated carbocycles. The average Bonchev–Trinajstić information content (AvgIpc) is 3.82. The zero-order valence-electron chi connectivity index (χ0n) is 30.4. The van der Waals surface area contributed by atoms with Crippen molar-refractivity contribution in [1.82, 2.24) is 19.6 Å². The number of hydrogen-bond donors (Lipinski definition) is 1. The highest BCUT2D eigenvalue weighted by Gasteiger charge is 2.51. The molecule has 9 atom stereocenters. The van der Waals surface area contributed by atoms with Crippen molar-refractivity contribution in [2.24, 2.45) is 23.2 Å². The van der Waals surface area contributed by atoms with E-state index in [2.05, 4.69) is 28.7 Å². The van der Waals surface area contributed by atoms with Gasteiger partial charge in [0.25, 0.3) is 0 Å². The summed E-state index contributed by atoms with van der Waals surface area (Å²) in [5.74, 6) is -0.498. The Morgan fingerprint density at radius 2 is 1.61 bits per heavy atom. The molecule has 0 aromatic carbocycles. The predicted octanol–water partition coefficient (Wildman–Crippen LogP) is 2.35. The van der Waals surface area contributed by atoms with Gasteiger partial charge in [-0.3, -0.25) is 19.4 Å². The van der Waals surface area contributed by atoms with Gasteiger partial charge in [-0.1, -0.05) is 13.8 Å². The number of likely N-dealkylation sites (N-methyl/N-ethyl adjacent to an activating group) is 2. The molecule has 3 saturated heterocycles. The molecule has 0 amide bonds. The van der Waals surface area contributed by atoms with Gasteiger partial charge in [-0.2, -0.15) is 0 Å². The number of aliphatic hydroxyl groups is 1. The second kappa shape index (κ2) is 15.6. The monoisotopic (exact) mass is 652 g/mol. The second-order valence-electron chi connectivity index (χ2n) is 16.0. The van der Waals surface area contributed by atoms with Gasteiger partial charge in [-0.05, 0) is 86.4 Å². The van der Waals surface area contributed by atoms with Crippen molar-refractivity contribution < 1.29 is 33.6 Å². The lowest BCUT2D eigenvalue weighted by Crippen LogP contribution is -2.59. The van der Waals surface area contributed by atoms with Crippen LogP contribution in [0.1, 0.15) is 67.2 Å². The van der Waals surface area contributed by atoms with E-state index in [9.17, 15) is 14.7 Å². The molecular weight excluding hydrogens is 588 g/mol. The smallest absolute Gasteiger partial charge is 0.319 e. The molecule has 0 aromatic heterocycles. The maximum absolute atomic E-state index is 14.2. The van der Waals surface area contributed by atoms with Crippen molar-refractivity contribution in [1.29, 1.82) is 0 Å². The number of carbonyl (C=O) groups is 2. The summed E-state index contributed by atoms with van der Waals surface area (Å²) in [4.78, 5) is 37.3. The third-order valence-electron chi connectivity index (χ3n) is 11.1. The largest absolute Gasteiger partial charge is 0.463 e. The molecule has 0 spiro atoms. The van der Waals surface area contributed by atoms with Crippen LogP contribution in [0.4, 0.5) is 0 Å². The Morgan fingerprint density at radius 1 is 1.00 bits per heavy atom. The number of ketones is 1. The normalized spacial score (nSPS) is 39.8. The van der Waals surface area contributed by atoms with E-state index in [1.165, 1.54) is 19.4 Å². The Hall–Kier alpha value is -1.18. The summed E-state index contributed by atoms with van der Waals surface area (Å²) in [7, 11) is 7.62. The lowest BCUT2D eigenvalue weighted by atomic mass is 9.74. The van der Waals surface area contributed by atoms with Gasteiger partial charge in [0.15, 0.2) is 12.1 Å². The SMILES string of the molecule is CO[C@]1(C)C[C@@H](C)CN(C)[C@@H](CN2CCN(CC3CC3)CC2)COC(=O)C(C)(C)C(=O)[C@H](C)[C@H]1O[C@@H]1O[C@H](C)C[C@H](N(C)C)[C@H]1O. The number of piperazine rings is 1. The molecule has 1 N–H and O–H groups in total. The number of carbonyl (C=O) groups excluding carboxylic acids is 2. The summed E-state index contributed by atoms with van der Waals surface area (Å²) in [5, 5.41) is 11.3. The number of methoxy groups -OCH3 is 1. The van der Waals surface area contributed by atoms with E-state index >= 15 is 0 Å². The van der Waals surface area contributed by atoms with Crippen LogP contribution in [0.5, 0.6) is 0 Å². The van der Waals surface area contributed by atoms with Crippen molar-refractivity contribution in [3.63, 3.8) is 0 Å². The fourth-order valence-electron chi connectivity index (χ4n) is 7.90. The van der Waals surface area contributed by atoms with Crippen molar-refractivity contribution in [2.75, 3.05) is 80.7 Å². The Balaban J connectivity index is 1.56. The highest BCUT2D eigenvalue weighted by molar-refractivity contribution is 6.04. The third kappa shape index (κ3) is 9.08. The quantitative estimate of drug-likeness (QED) is 0.309. The molecule has 0 radical (unpaired) electrons. The molecule has 11 heteroatoms. The van der Waals surface area contributed by atoms with Crippen LogP contribution < -0.4 is 0 Å². The summed E-state index contributed by atoms with van der Waals surface area (Å²) in [6, 6.07) is -0.179. The van der Waals surface area contributed by atoms with Crippen LogP contribution in [0.2, 0.25) is 0 Å². The number of Topliss-reactive ketones (excluding diaryl/α,β-unsaturated/α-hetero) is 1. The van der Waals surface area contributed by atoms with Gasteiger partial charge in [-0.25, -0.2) is 0 Å². The lowest BCUT2D eigenvalue weighted by molar-refractivity contribution is -0.295. The average molecular weight is 653 g/mol. The van der Waals surface area contributed by atoms with Crippen LogP contribution in [-0.2, 0) is 28.5 Å². The maximum Gasteiger partial charge on any atom is 0.319 e. The van der Waals surface area contributed by atoms with E-state index < -0.39 is 41.4 Å². The second-order valence-corrected chi connectivity index (χ2v) is 16.0. The number of ether oxygens (including phenoxy) is 4. The maximum atomic E-state index is 14.2. The molecule has 4 fully saturated rings. The van der Waals surface area contributed by atoms with E-state index in [0.29, 0.717) is 12.8 Å². The van der Waals surface area contributed by atoms with Gasteiger partial charge in [0.2, 0.25) is 0 Å². The topological polar surface area (TPSA) is 104 Å². The number of nitrogens with zero attached hydrogens (tertiary/aromatic N) is 4. The van der Waals surface area contributed by atoms with E-state index in [-0.39, 0.29) is 36.5 Å². The number of esters is 1. The zero-order chi connectivity index (χ0) is 34.0. The molecule has 0 aromatic rings. The van der Waals surface area contributed by atoms with Crippen molar-refractivity contribution in [3.8, 4) is 0 Å². The first-order valence-corrected chi connectivity index (χ1v) is 17.6. The van der Waals surface area contributed by atoms with E-state index in [0.717, 1.165) is 45.2 Å². The molecule has 0 bridgehead atoms. The minimum Gasteiger partial charge on any atom is -0.463 e. The molecule has 4 aliphatic rings. The van der Waals surface area contributed by atoms with Crippen LogP contribution in [0.15, 0.2) is 0 Å². The standard InChI is InChI=1S/C35H64N4O7/c1-23-18-35(6,43-10)31(46-32-29(40)28(36(7)8)17-24(2)45-32)25(3)30(41)34(4,5)33(42)44-22-27(37(9)19-23)21-39-15-13-38(14-16-39)20-26-11-12-26/h23-29,31-32,40H,11-22H2,1-10H3/t23-,24-,25+,27+,28+,29-,31-,32+,35-/m1/s1. The molecule has 3 aliphatic heterocycles. The number of hydrogen-bond acceptors (Lipinski definition) is 11. The summed E-state index contributed by atoms with van der Waals surface area (Å²) in [5.41, 5.74) is -2.31. The number of cyclic esters (lactones) is 1. The fraction of sp³-hybridized carbons (Fsp3) is 0.943. The van der Waals surface area contributed by atoms with Gasteiger partial charge in [-0.15, -0.1) is 0 Å². The molecular formula is C35H64N4O7. The Labute approximate surface area is 278 Å². The summed E-state index contributed by atoms with van der Waals surface area (Å²) in [6.07, 6.45) is 1.20. The number of rotatable bonds is 8. The Bertz CT molecular complexity index is 1020. The van der Waals surface area contributed by atoms with Crippen molar-refractivity contribution in [2.45, 2.75) is 110 Å². The first-order valence-electron chi connectivity index (χ1n) is 17.6. The van der Waals surface area contributed by atoms with Gasteiger partial charge in [0, 0.05) is 64.9 Å². The van der Waals surface area contributed by atoms with Crippen LogP contribution in [0.25, 0.3) is 0 Å². The van der Waals surface area contributed by atoms with Gasteiger partial charge < -0.3 is 33.9 Å². The lowest BCUT2D eigenvalue weighted by Gasteiger charge is -2.47. The first kappa shape index (κ1) is 37.6. The van der Waals surface area contributed by atoms with Crippen molar-refractivity contribution in [3.05, 3.63) is 0 Å². The van der Waals surface area contributed by atoms with Crippen LogP contribution in [-0.4, -0.2) is 159 Å². The molecule has 1 aliphatic carbocycles. The first-order chi connectivity index (χ1) is 21.5. The third-order valence-corrected chi connectivity index (χ3v) is 11.1. The molecule has 4 rings (SSSR count). The Kier molecular flexibility index (Phi) is 12.7. The molecule has 266 valence electrons. The minimum absolute atomic E-state index is 0.0125. The highest BCUT2D eigenvalue weighted by atomic mass is 16.7. The van der Waals surface area contributed by atoms with Crippen LogP contribution in [0, 0.1) is 23.2 Å². The molecule has 11 nitrogen and oxygen atoms in total. The minimum atomic E-state index is -1.40. The highest BCUT2D eigenvalue weighted by Crippen LogP contribution is 2.38. The van der Waals surface area contributed by atoms with Gasteiger partial charge >= 0.3 is 5.97 Å². The van der Waals surface area contributed by atoms with E-state index in [1.54, 1.807) is 27.9 Å². The zero-order valence-corrected chi connectivity index (χ0v) is 30.4. The van der Waals surface area contributed by atoms with Gasteiger partial charge in [0.05, 0.1) is 23.9 Å². The molecule has 3 heterocycles. The summed E-state index contributed by atoms with van der Waals surface area (Å²) in [6.45, 7) is 18.4. The van der Waals surface area contributed by atoms with Crippen molar-refractivity contribution >= 4 is 11.8 Å². The summed E-state index contributed by atoms with van der Waals surface area (Å²) >= 11 is 0. The predicted molar refractivity (Wildman–Crippen MR) is 177 cm³/mol. The molecule has 46 heavy (non-hydrogen) atoms. The molecule has 0 unspecified atom stereocenters. The van der Waals surface area contributed by atoms with Gasteiger partial charge in [0.1, 0.15) is 18.1 Å². The van der Waals surface area contributed by atoms with E-state index in [1.807, 2.05) is 32.8 Å². The fourth-order valence-corrected chi connectivity index (χ4v) is 7.90. The summed E-state index contributed by atoms with van der Waals surface area (Å²) < 4.78 is 25.0.